The minimum Gasteiger partial charge on any atom is -0.347 e. The lowest BCUT2D eigenvalue weighted by molar-refractivity contribution is -0.145. The van der Waals surface area contributed by atoms with Crippen LogP contribution < -0.4 is 21.3 Å². The number of likely N-dealkylation sites (N-methyl/N-ethyl adjacent to an activating group) is 2. The van der Waals surface area contributed by atoms with Crippen molar-refractivity contribution in [1.29, 1.82) is 0 Å². The Morgan fingerprint density at radius 1 is 0.958 bits per heavy atom. The summed E-state index contributed by atoms with van der Waals surface area (Å²) in [5, 5.41) is 11.2. The van der Waals surface area contributed by atoms with Crippen molar-refractivity contribution >= 4 is 35.3 Å². The van der Waals surface area contributed by atoms with E-state index in [-0.39, 0.29) is 52.9 Å². The summed E-state index contributed by atoms with van der Waals surface area (Å²) in [5.41, 5.74) is 0.472. The zero-order valence-corrected chi connectivity index (χ0v) is 29.1. The fourth-order valence-electron chi connectivity index (χ4n) is 8.23. The number of fused-ring (bicyclic) bond motifs is 1. The predicted molar refractivity (Wildman–Crippen MR) is 179 cm³/mol. The number of nitrogens with one attached hydrogen (secondary N) is 4. The Balaban J connectivity index is 1.24. The molecule has 1 aromatic rings. The average molecular weight is 665 g/mol. The van der Waals surface area contributed by atoms with Gasteiger partial charge in [-0.1, -0.05) is 70.4 Å². The normalized spacial score (nSPS) is 27.5. The molecule has 8 atom stereocenters. The van der Waals surface area contributed by atoms with Crippen molar-refractivity contribution in [1.82, 2.24) is 31.1 Å². The van der Waals surface area contributed by atoms with Gasteiger partial charge in [0.1, 0.15) is 18.1 Å². The summed E-state index contributed by atoms with van der Waals surface area (Å²) in [6.45, 7) is 6.15. The van der Waals surface area contributed by atoms with E-state index in [9.17, 15) is 28.8 Å². The molecule has 4 N–H and O–H groups in total. The number of piperidine rings is 1. The second-order valence-electron chi connectivity index (χ2n) is 15.1. The van der Waals surface area contributed by atoms with Gasteiger partial charge in [0, 0.05) is 20.6 Å². The highest BCUT2D eigenvalue weighted by Crippen LogP contribution is 2.65. The second-order valence-corrected chi connectivity index (χ2v) is 15.1. The Labute approximate surface area is 283 Å². The van der Waals surface area contributed by atoms with Crippen LogP contribution in [0.25, 0.3) is 0 Å². The van der Waals surface area contributed by atoms with Crippen LogP contribution in [0.3, 0.4) is 0 Å². The number of carbonyl (C=O) groups excluding carboxylic acids is 6. The summed E-state index contributed by atoms with van der Waals surface area (Å²) in [7, 11) is 4.97. The lowest BCUT2D eigenvalue weighted by Gasteiger charge is -2.36. The summed E-state index contributed by atoms with van der Waals surface area (Å²) < 4.78 is 0. The molecule has 5 amide bonds. The Bertz CT molecular complexity index is 1410. The molecule has 1 aliphatic heterocycles. The van der Waals surface area contributed by atoms with Crippen molar-refractivity contribution in [3.05, 3.63) is 35.9 Å². The molecule has 1 heterocycles. The molecular weight excluding hydrogens is 612 g/mol. The third kappa shape index (κ3) is 7.28. The SMILES string of the molecule is CN[C@H](C(=O)N1C[C@H]2[C@@H]([C@H]1C(=O)N[C@H](C(=O)C(=O)NCC(=O)NC(C(=O)N(C)C)c1ccccc1)[C@H]1C[C@@H]1C)C2(C)C)C1CCCCC1. The van der Waals surface area contributed by atoms with Crippen LogP contribution in [0.4, 0.5) is 0 Å². The van der Waals surface area contributed by atoms with Crippen molar-refractivity contribution in [3.63, 3.8) is 0 Å². The molecule has 4 aliphatic rings. The highest BCUT2D eigenvalue weighted by Gasteiger charge is 2.70. The van der Waals surface area contributed by atoms with Gasteiger partial charge in [0.2, 0.25) is 29.4 Å². The molecule has 0 radical (unpaired) electrons. The van der Waals surface area contributed by atoms with Crippen LogP contribution in [-0.2, 0) is 28.8 Å². The van der Waals surface area contributed by atoms with Gasteiger partial charge >= 0.3 is 0 Å². The van der Waals surface area contributed by atoms with E-state index in [1.54, 1.807) is 56.4 Å². The Morgan fingerprint density at radius 3 is 2.19 bits per heavy atom. The van der Waals surface area contributed by atoms with Gasteiger partial charge in [0.15, 0.2) is 0 Å². The lowest BCUT2D eigenvalue weighted by atomic mass is 9.83. The fourth-order valence-corrected chi connectivity index (χ4v) is 8.23. The standard InChI is InChI=1S/C36H52N6O6/c1-20-17-23(20)29(31(44)33(46)38-18-25(43)39-28(34(47)41(5)6)22-15-11-8-12-16-22)40-32(45)30-26-24(36(26,2)3)19-42(30)35(48)27(37-4)21-13-9-7-10-14-21/h8,11-12,15-16,20-21,23-24,26-30,37H,7,9-10,13-14,17-19H2,1-6H3,(H,38,46)(H,39,43)(H,40,45)/t20-,23-,24-,26-,27-,28?,29-,30-/m0/s1. The monoisotopic (exact) mass is 664 g/mol. The number of ketones is 1. The molecule has 48 heavy (non-hydrogen) atoms. The molecule has 0 aromatic heterocycles. The zero-order chi connectivity index (χ0) is 34.9. The first kappa shape index (κ1) is 35.5. The number of Topliss-reactive ketones (excluding diaryl/α,β-unsaturated/α-hetero) is 1. The highest BCUT2D eigenvalue weighted by molar-refractivity contribution is 6.38. The molecule has 1 unspecified atom stereocenters. The first-order valence-electron chi connectivity index (χ1n) is 17.4. The van der Waals surface area contributed by atoms with E-state index in [0.717, 1.165) is 25.7 Å². The van der Waals surface area contributed by atoms with Gasteiger partial charge in [0.25, 0.3) is 5.91 Å². The number of benzene rings is 1. The van der Waals surface area contributed by atoms with Crippen molar-refractivity contribution in [3.8, 4) is 0 Å². The summed E-state index contributed by atoms with van der Waals surface area (Å²) in [5.74, 6) is -2.98. The molecule has 1 aromatic carbocycles. The maximum atomic E-state index is 14.1. The van der Waals surface area contributed by atoms with E-state index in [1.807, 2.05) is 6.92 Å². The number of amides is 5. The molecule has 262 valence electrons. The van der Waals surface area contributed by atoms with Crippen molar-refractivity contribution in [2.24, 2.45) is 35.0 Å². The van der Waals surface area contributed by atoms with Gasteiger partial charge in [-0.15, -0.1) is 0 Å². The summed E-state index contributed by atoms with van der Waals surface area (Å²) in [6.07, 6.45) is 5.97. The molecule has 1 saturated heterocycles. The first-order valence-corrected chi connectivity index (χ1v) is 17.4. The van der Waals surface area contributed by atoms with Crippen LogP contribution in [0.1, 0.15) is 70.9 Å². The maximum Gasteiger partial charge on any atom is 0.290 e. The number of carbonyl (C=O) groups is 6. The quantitative estimate of drug-likeness (QED) is 0.232. The topological polar surface area (TPSA) is 157 Å². The largest absolute Gasteiger partial charge is 0.347 e. The van der Waals surface area contributed by atoms with Gasteiger partial charge in [-0.25, -0.2) is 0 Å². The predicted octanol–water partition coefficient (Wildman–Crippen LogP) is 1.41. The van der Waals surface area contributed by atoms with Crippen LogP contribution in [0.15, 0.2) is 30.3 Å². The van der Waals surface area contributed by atoms with Gasteiger partial charge in [-0.2, -0.15) is 0 Å². The number of hydrogen-bond donors (Lipinski definition) is 4. The van der Waals surface area contributed by atoms with Gasteiger partial charge < -0.3 is 31.1 Å². The van der Waals surface area contributed by atoms with E-state index in [2.05, 4.69) is 35.1 Å². The van der Waals surface area contributed by atoms with Gasteiger partial charge in [0.05, 0.1) is 12.6 Å². The van der Waals surface area contributed by atoms with Crippen LogP contribution in [0, 0.1) is 35.0 Å². The Morgan fingerprint density at radius 2 is 1.60 bits per heavy atom. The van der Waals surface area contributed by atoms with Crippen LogP contribution in [0.2, 0.25) is 0 Å². The average Bonchev–Trinajstić information content (AvgIpc) is 3.84. The third-order valence-electron chi connectivity index (χ3n) is 11.4. The molecule has 4 fully saturated rings. The maximum absolute atomic E-state index is 14.1. The van der Waals surface area contributed by atoms with E-state index >= 15 is 0 Å². The summed E-state index contributed by atoms with van der Waals surface area (Å²) >= 11 is 0. The Kier molecular flexibility index (Phi) is 10.6. The van der Waals surface area contributed by atoms with Crippen LogP contribution in [-0.4, -0.2) is 97.5 Å². The van der Waals surface area contributed by atoms with Gasteiger partial charge in [-0.05, 0) is 66.9 Å². The first-order chi connectivity index (χ1) is 22.8. The number of hydrogen-bond acceptors (Lipinski definition) is 7. The molecule has 0 bridgehead atoms. The molecule has 12 heteroatoms. The zero-order valence-electron chi connectivity index (χ0n) is 29.1. The molecule has 0 spiro atoms. The van der Waals surface area contributed by atoms with Crippen LogP contribution >= 0.6 is 0 Å². The number of likely N-dealkylation sites (tertiary alicyclic amines) is 1. The van der Waals surface area contributed by atoms with E-state index < -0.39 is 48.2 Å². The molecular formula is C36H52N6O6. The summed E-state index contributed by atoms with van der Waals surface area (Å²) in [6, 6.07) is 5.63. The van der Waals surface area contributed by atoms with Crippen molar-refractivity contribution in [2.45, 2.75) is 83.5 Å². The molecule has 12 nitrogen and oxygen atoms in total. The summed E-state index contributed by atoms with van der Waals surface area (Å²) in [4.78, 5) is 83.5. The smallest absolute Gasteiger partial charge is 0.290 e. The number of nitrogens with zero attached hydrogens (tertiary/aromatic N) is 2. The van der Waals surface area contributed by atoms with Crippen molar-refractivity contribution in [2.75, 3.05) is 34.2 Å². The minimum atomic E-state index is -1.07. The van der Waals surface area contributed by atoms with Gasteiger partial charge in [-0.3, -0.25) is 28.8 Å². The van der Waals surface area contributed by atoms with E-state index in [4.69, 9.17) is 0 Å². The molecule has 5 rings (SSSR count). The molecule has 3 saturated carbocycles. The highest BCUT2D eigenvalue weighted by atomic mass is 16.2. The van der Waals surface area contributed by atoms with Crippen LogP contribution in [0.5, 0.6) is 0 Å². The van der Waals surface area contributed by atoms with Crippen molar-refractivity contribution < 1.29 is 28.8 Å². The van der Waals surface area contributed by atoms with E-state index in [1.165, 1.54) is 11.3 Å². The number of rotatable bonds is 13. The fraction of sp³-hybridized carbons (Fsp3) is 0.667. The minimum absolute atomic E-state index is 0.0300. The second kappa shape index (κ2) is 14.4. The lowest BCUT2D eigenvalue weighted by Crippen LogP contribution is -2.59. The Hall–Kier alpha value is -3.80. The molecule has 3 aliphatic carbocycles. The van der Waals surface area contributed by atoms with E-state index in [0.29, 0.717) is 18.5 Å². The third-order valence-corrected chi connectivity index (χ3v) is 11.4.